The number of halogens is 4. The van der Waals surface area contributed by atoms with Crippen molar-refractivity contribution in [3.63, 3.8) is 0 Å². The van der Waals surface area contributed by atoms with Gasteiger partial charge < -0.3 is 0 Å². The molecule has 0 unspecified atom stereocenters. The van der Waals surface area contributed by atoms with E-state index in [4.69, 9.17) is 0 Å². The summed E-state index contributed by atoms with van der Waals surface area (Å²) in [6, 6.07) is -3.72. The van der Waals surface area contributed by atoms with Crippen LogP contribution in [0.2, 0.25) is 0 Å². The molecule has 0 bridgehead atoms. The molecule has 0 aliphatic rings. The van der Waals surface area contributed by atoms with Crippen LogP contribution in [0.15, 0.2) is 24.7 Å². The van der Waals surface area contributed by atoms with Gasteiger partial charge in [0, 0.05) is 4.57 Å². The molecule has 0 N–H and O–H groups in total. The first kappa shape index (κ1) is 10.9. The molecule has 0 saturated heterocycles. The largest absolute Gasteiger partial charge is 0.810 e. The van der Waals surface area contributed by atoms with Gasteiger partial charge in [0.05, 0.1) is 0 Å². The highest BCUT2D eigenvalue weighted by molar-refractivity contribution is 7.33. The van der Waals surface area contributed by atoms with Gasteiger partial charge in [0.25, 0.3) is 0 Å². The lowest BCUT2D eigenvalue weighted by Crippen LogP contribution is -1.79. The molecule has 8 heteroatoms. The first-order valence-corrected chi connectivity index (χ1v) is 3.44. The number of hydrogen-bond donors (Lipinski definition) is 0. The molecule has 3 nitrogen and oxygen atoms in total. The second-order valence-corrected chi connectivity index (χ2v) is 2.04. The highest BCUT2D eigenvalue weighted by Gasteiger charge is 2.27. The zero-order valence-corrected chi connectivity index (χ0v) is 6.23. The third-order valence-electron chi connectivity index (χ3n) is 0.495. The van der Waals surface area contributed by atoms with Crippen LogP contribution < -0.4 is 0 Å². The van der Waals surface area contributed by atoms with Gasteiger partial charge in [-0.2, -0.15) is 17.8 Å². The lowest BCUT2D eigenvalue weighted by molar-refractivity contribution is 0.218. The van der Waals surface area contributed by atoms with Gasteiger partial charge in [-0.05, 0) is 0 Å². The summed E-state index contributed by atoms with van der Waals surface area (Å²) in [7, 11) is -3.29. The van der Waals surface area contributed by atoms with Crippen LogP contribution in [0, 0.1) is 0 Å². The molecule has 0 amide bonds. The predicted octanol–water partition coefficient (Wildman–Crippen LogP) is 3.15. The van der Waals surface area contributed by atoms with Gasteiger partial charge in [-0.3, -0.25) is 0 Å². The normalized spacial score (nSPS) is 14.2. The maximum absolute atomic E-state index is 11.7. The summed E-state index contributed by atoms with van der Waals surface area (Å²) in [4.78, 5) is 0. The Hall–Kier alpha value is -1.10. The van der Waals surface area contributed by atoms with Crippen LogP contribution >= 0.6 is 8.25 Å². The molecule has 0 fully saturated rings. The highest BCUT2D eigenvalue weighted by Crippen LogP contribution is 2.31. The molecule has 0 rings (SSSR count). The van der Waals surface area contributed by atoms with Gasteiger partial charge in [0.15, 0.2) is 12.7 Å². The third kappa shape index (κ3) is 4.68. The molecular weight excluding hydrogens is 203 g/mol. The van der Waals surface area contributed by atoms with E-state index in [1.54, 1.807) is 0 Å². The van der Waals surface area contributed by atoms with Crippen molar-refractivity contribution < 1.29 is 31.2 Å². The van der Waals surface area contributed by atoms with Crippen LogP contribution in [0.4, 0.5) is 17.6 Å². The monoisotopic (exact) mass is 205 g/mol. The van der Waals surface area contributed by atoms with E-state index in [9.17, 15) is 22.1 Å². The summed E-state index contributed by atoms with van der Waals surface area (Å²) in [5.74, 6) is 0. The molecule has 68 valence electrons. The van der Waals surface area contributed by atoms with Crippen LogP contribution in [-0.2, 0) is 13.6 Å². The molecule has 0 aromatic carbocycles. The summed E-state index contributed by atoms with van der Waals surface area (Å²) in [5, 5.41) is 0. The van der Waals surface area contributed by atoms with Gasteiger partial charge >= 0.3 is 20.3 Å². The minimum Gasteiger partial charge on any atom is -0.209 e. The number of hydrogen-bond acceptors (Lipinski definition) is 3. The van der Waals surface area contributed by atoms with Crippen molar-refractivity contribution in [2.45, 2.75) is 0 Å². The fourth-order valence-electron chi connectivity index (χ4n) is 0.201. The summed E-state index contributed by atoms with van der Waals surface area (Å²) < 4.78 is 62.7. The van der Waals surface area contributed by atoms with E-state index in [0.717, 1.165) is 0 Å². The third-order valence-corrected chi connectivity index (χ3v) is 1.14. The second kappa shape index (κ2) is 5.54. The maximum Gasteiger partial charge on any atom is 0.810 e. The minimum absolute atomic E-state index is 0.659. The fraction of sp³-hybridized carbons (Fsp3) is 0. The first-order chi connectivity index (χ1) is 5.60. The highest BCUT2D eigenvalue weighted by atomic mass is 31.1. The van der Waals surface area contributed by atoms with Crippen LogP contribution in [0.25, 0.3) is 0 Å². The lowest BCUT2D eigenvalue weighted by atomic mass is 11.1. The van der Waals surface area contributed by atoms with Crippen LogP contribution in [0.1, 0.15) is 0 Å². The Morgan fingerprint density at radius 2 is 1.42 bits per heavy atom. The quantitative estimate of drug-likeness (QED) is 0.401. The van der Waals surface area contributed by atoms with Crippen LogP contribution in [0.3, 0.4) is 0 Å². The van der Waals surface area contributed by atoms with E-state index in [1.807, 2.05) is 0 Å². The minimum atomic E-state index is -3.29. The zero-order valence-electron chi connectivity index (χ0n) is 5.34. The molecule has 0 aliphatic heterocycles. The van der Waals surface area contributed by atoms with Gasteiger partial charge in [0.1, 0.15) is 0 Å². The Kier molecular flexibility index (Phi) is 5.03. The van der Waals surface area contributed by atoms with Gasteiger partial charge in [-0.15, -0.1) is 0 Å². The first-order valence-electron chi connectivity index (χ1n) is 2.35. The number of rotatable bonds is 4. The summed E-state index contributed by atoms with van der Waals surface area (Å²) in [6.07, 6.45) is -1.32. The van der Waals surface area contributed by atoms with Crippen molar-refractivity contribution in [2.75, 3.05) is 0 Å². The van der Waals surface area contributed by atoms with Crippen molar-refractivity contribution >= 4 is 8.25 Å². The molecule has 0 heterocycles. The van der Waals surface area contributed by atoms with Crippen molar-refractivity contribution in [3.05, 3.63) is 24.7 Å². The molecule has 0 aromatic rings. The average Bonchev–Trinajstić information content (AvgIpc) is 2.03. The molecule has 0 atom stereocenters. The van der Waals surface area contributed by atoms with E-state index in [-0.39, 0.29) is 0 Å². The molecule has 0 saturated carbocycles. The van der Waals surface area contributed by atoms with Crippen LogP contribution in [-0.4, -0.2) is 0 Å². The molecule has 0 spiro atoms. The summed E-state index contributed by atoms with van der Waals surface area (Å²) >= 11 is 0. The van der Waals surface area contributed by atoms with E-state index in [0.29, 0.717) is 0 Å². The van der Waals surface area contributed by atoms with Gasteiger partial charge in [-0.25, -0.2) is 8.78 Å². The Morgan fingerprint density at radius 1 is 1.08 bits per heavy atom. The van der Waals surface area contributed by atoms with Crippen molar-refractivity contribution in [1.29, 1.82) is 0 Å². The summed E-state index contributed by atoms with van der Waals surface area (Å²) in [6.45, 7) is 0. The SMILES string of the molecule is O=[P+](OC(F)=CF)OC(F)=CF. The molecule has 12 heavy (non-hydrogen) atoms. The molecular formula is C4H2F4O3P+. The zero-order chi connectivity index (χ0) is 9.56. The Balaban J connectivity index is 3.91. The van der Waals surface area contributed by atoms with Crippen molar-refractivity contribution in [3.8, 4) is 0 Å². The standard InChI is InChI=1S/C4H2F4O3P/c5-1-3(7)10-12(9)11-4(8)2-6/h1-2H/q+1. The van der Waals surface area contributed by atoms with E-state index < -0.39 is 32.9 Å². The van der Waals surface area contributed by atoms with E-state index in [1.165, 1.54) is 0 Å². The predicted molar refractivity (Wildman–Crippen MR) is 30.4 cm³/mol. The topological polar surface area (TPSA) is 35.5 Å². The fourth-order valence-corrected chi connectivity index (χ4v) is 0.603. The Bertz CT molecular complexity index is 204. The van der Waals surface area contributed by atoms with E-state index >= 15 is 0 Å². The maximum atomic E-state index is 11.7. The molecule has 0 aliphatic carbocycles. The van der Waals surface area contributed by atoms with Gasteiger partial charge in [-0.1, -0.05) is 0 Å². The Labute approximate surface area is 65.2 Å². The van der Waals surface area contributed by atoms with Gasteiger partial charge in [0.2, 0.25) is 0 Å². The molecule has 0 aromatic heterocycles. The second-order valence-electron chi connectivity index (χ2n) is 1.23. The van der Waals surface area contributed by atoms with Crippen LogP contribution in [0.5, 0.6) is 0 Å². The Morgan fingerprint density at radius 3 is 1.67 bits per heavy atom. The molecule has 0 radical (unpaired) electrons. The lowest BCUT2D eigenvalue weighted by Gasteiger charge is -1.83. The average molecular weight is 205 g/mol. The van der Waals surface area contributed by atoms with Crippen molar-refractivity contribution in [2.24, 2.45) is 0 Å². The van der Waals surface area contributed by atoms with Crippen molar-refractivity contribution in [1.82, 2.24) is 0 Å². The summed E-state index contributed by atoms with van der Waals surface area (Å²) in [5.41, 5.74) is 0. The van der Waals surface area contributed by atoms with E-state index in [2.05, 4.69) is 9.05 Å². The smallest absolute Gasteiger partial charge is 0.209 e.